The Kier molecular flexibility index (Phi) is 8.60. The van der Waals surface area contributed by atoms with Gasteiger partial charge in [-0.1, -0.05) is 30.3 Å². The summed E-state index contributed by atoms with van der Waals surface area (Å²) in [6.07, 6.45) is 3.48. The van der Waals surface area contributed by atoms with Crippen LogP contribution in [0.4, 0.5) is 0 Å². The lowest BCUT2D eigenvalue weighted by atomic mass is 10.00. The molecular formula is C20H27IN6OS. The molecule has 0 saturated heterocycles. The molecule has 0 saturated carbocycles. The maximum Gasteiger partial charge on any atom is 0.191 e. The Hall–Kier alpha value is -1.98. The molecular weight excluding hydrogens is 499 g/mol. The topological polar surface area (TPSA) is 87.4 Å². The maximum absolute atomic E-state index is 10.7. The summed E-state index contributed by atoms with van der Waals surface area (Å²) >= 11 is 1.61. The molecule has 9 heteroatoms. The van der Waals surface area contributed by atoms with Gasteiger partial charge in [0.1, 0.15) is 10.6 Å². The fourth-order valence-electron chi connectivity index (χ4n) is 2.65. The van der Waals surface area contributed by atoms with Crippen molar-refractivity contribution in [2.24, 2.45) is 12.0 Å². The third-order valence-corrected chi connectivity index (χ3v) is 5.18. The van der Waals surface area contributed by atoms with Crippen LogP contribution in [-0.4, -0.2) is 38.9 Å². The third kappa shape index (κ3) is 6.51. The number of thiazole rings is 1. The number of rotatable bonds is 7. The van der Waals surface area contributed by atoms with Crippen LogP contribution in [0.5, 0.6) is 0 Å². The van der Waals surface area contributed by atoms with Gasteiger partial charge in [-0.3, -0.25) is 4.68 Å². The Bertz CT molecular complexity index is 922. The van der Waals surface area contributed by atoms with E-state index in [1.54, 1.807) is 29.1 Å². The van der Waals surface area contributed by atoms with Crippen LogP contribution >= 0.6 is 35.3 Å². The molecule has 1 unspecified atom stereocenters. The molecule has 3 rings (SSSR count). The molecule has 0 aliphatic heterocycles. The van der Waals surface area contributed by atoms with Crippen LogP contribution in [-0.2, 0) is 19.2 Å². The Balaban J connectivity index is 0.00000300. The van der Waals surface area contributed by atoms with Gasteiger partial charge in [0.15, 0.2) is 5.96 Å². The highest BCUT2D eigenvalue weighted by atomic mass is 127. The molecule has 0 amide bonds. The Labute approximate surface area is 192 Å². The zero-order chi connectivity index (χ0) is 20.0. The molecule has 156 valence electrons. The van der Waals surface area contributed by atoms with Gasteiger partial charge in [-0.05, 0) is 13.8 Å². The van der Waals surface area contributed by atoms with Gasteiger partial charge in [0, 0.05) is 36.3 Å². The van der Waals surface area contributed by atoms with E-state index in [0.29, 0.717) is 19.0 Å². The molecule has 7 nitrogen and oxygen atoms in total. The summed E-state index contributed by atoms with van der Waals surface area (Å²) in [5, 5.41) is 24.3. The fourth-order valence-corrected chi connectivity index (χ4v) is 3.47. The smallest absolute Gasteiger partial charge is 0.191 e. The number of aromatic nitrogens is 3. The third-order valence-electron chi connectivity index (χ3n) is 4.24. The summed E-state index contributed by atoms with van der Waals surface area (Å²) in [6, 6.07) is 10.1. The van der Waals surface area contributed by atoms with Crippen LogP contribution in [0.3, 0.4) is 0 Å². The number of aliphatic imine (C=N–C) groups is 1. The first-order valence-corrected chi connectivity index (χ1v) is 10.1. The number of aliphatic hydroxyl groups is 1. The van der Waals surface area contributed by atoms with E-state index in [9.17, 15) is 5.11 Å². The van der Waals surface area contributed by atoms with Gasteiger partial charge >= 0.3 is 0 Å². The molecule has 1 atom stereocenters. The minimum Gasteiger partial charge on any atom is -0.383 e. The van der Waals surface area contributed by atoms with Gasteiger partial charge < -0.3 is 15.7 Å². The first-order valence-electron chi connectivity index (χ1n) is 9.21. The van der Waals surface area contributed by atoms with E-state index in [1.165, 1.54) is 0 Å². The first kappa shape index (κ1) is 23.3. The van der Waals surface area contributed by atoms with E-state index in [-0.39, 0.29) is 24.0 Å². The average Bonchev–Trinajstić information content (AvgIpc) is 3.34. The maximum atomic E-state index is 10.7. The second kappa shape index (κ2) is 10.7. The van der Waals surface area contributed by atoms with Gasteiger partial charge in [0.2, 0.25) is 0 Å². The summed E-state index contributed by atoms with van der Waals surface area (Å²) in [6.45, 7) is 5.28. The van der Waals surface area contributed by atoms with E-state index < -0.39 is 5.60 Å². The minimum atomic E-state index is -1.05. The number of benzene rings is 1. The van der Waals surface area contributed by atoms with Crippen molar-refractivity contribution in [3.05, 3.63) is 59.4 Å². The van der Waals surface area contributed by atoms with E-state index in [0.717, 1.165) is 28.4 Å². The normalized spacial score (nSPS) is 13.4. The van der Waals surface area contributed by atoms with Crippen molar-refractivity contribution in [2.45, 2.75) is 26.0 Å². The van der Waals surface area contributed by atoms with Crippen LogP contribution in [0, 0.1) is 0 Å². The van der Waals surface area contributed by atoms with Gasteiger partial charge in [0.05, 0.1) is 25.0 Å². The zero-order valence-corrected chi connectivity index (χ0v) is 19.9. The van der Waals surface area contributed by atoms with Crippen LogP contribution in [0.1, 0.15) is 25.1 Å². The van der Waals surface area contributed by atoms with Crippen LogP contribution in [0.25, 0.3) is 10.6 Å². The number of aryl methyl sites for hydroxylation is 1. The predicted octanol–water partition coefficient (Wildman–Crippen LogP) is 3.12. The molecule has 0 radical (unpaired) electrons. The van der Waals surface area contributed by atoms with Crippen LogP contribution in [0.15, 0.2) is 53.1 Å². The zero-order valence-electron chi connectivity index (χ0n) is 16.8. The van der Waals surface area contributed by atoms with E-state index >= 15 is 0 Å². The predicted molar refractivity (Wildman–Crippen MR) is 129 cm³/mol. The summed E-state index contributed by atoms with van der Waals surface area (Å²) in [7, 11) is 1.83. The SMILES string of the molecule is CCNC(=NCc1csc(-c2ccccc2)n1)NCC(C)(O)c1cnn(C)c1.I. The molecule has 29 heavy (non-hydrogen) atoms. The summed E-state index contributed by atoms with van der Waals surface area (Å²) in [4.78, 5) is 9.27. The van der Waals surface area contributed by atoms with Crippen molar-refractivity contribution >= 4 is 41.3 Å². The second-order valence-corrected chi connectivity index (χ2v) is 7.59. The molecule has 0 aliphatic carbocycles. The van der Waals surface area contributed by atoms with Gasteiger partial charge in [-0.25, -0.2) is 9.98 Å². The van der Waals surface area contributed by atoms with Crippen LogP contribution in [0.2, 0.25) is 0 Å². The number of hydrogen-bond acceptors (Lipinski definition) is 5. The lowest BCUT2D eigenvalue weighted by Crippen LogP contribution is -2.44. The number of halogens is 1. The van der Waals surface area contributed by atoms with Crippen molar-refractivity contribution in [1.29, 1.82) is 0 Å². The number of nitrogens with zero attached hydrogens (tertiary/aromatic N) is 4. The van der Waals surface area contributed by atoms with Crippen molar-refractivity contribution in [2.75, 3.05) is 13.1 Å². The molecule has 2 heterocycles. The van der Waals surface area contributed by atoms with E-state index in [2.05, 4.69) is 37.8 Å². The van der Waals surface area contributed by atoms with E-state index in [1.807, 2.05) is 43.7 Å². The van der Waals surface area contributed by atoms with Crippen molar-refractivity contribution in [3.8, 4) is 10.6 Å². The standard InChI is InChI=1S/C20H26N6OS.HI/c1-4-21-19(23-14-20(2,27)16-10-24-26(3)12-16)22-11-17-13-28-18(25-17)15-8-6-5-7-9-15;/h5-10,12-13,27H,4,11,14H2,1-3H3,(H2,21,22,23);1H. The number of guanidine groups is 1. The molecule has 0 fully saturated rings. The van der Waals surface area contributed by atoms with Crippen molar-refractivity contribution in [1.82, 2.24) is 25.4 Å². The summed E-state index contributed by atoms with van der Waals surface area (Å²) in [5.41, 5.74) is 1.73. The van der Waals surface area contributed by atoms with Crippen molar-refractivity contribution < 1.29 is 5.11 Å². The average molecular weight is 526 g/mol. The number of hydrogen-bond donors (Lipinski definition) is 3. The first-order chi connectivity index (χ1) is 13.5. The van der Waals surface area contributed by atoms with E-state index in [4.69, 9.17) is 0 Å². The summed E-state index contributed by atoms with van der Waals surface area (Å²) < 4.78 is 1.68. The highest BCUT2D eigenvalue weighted by Crippen LogP contribution is 2.23. The molecule has 0 spiro atoms. The molecule has 3 N–H and O–H groups in total. The molecule has 0 aliphatic rings. The van der Waals surface area contributed by atoms with Crippen LogP contribution < -0.4 is 10.6 Å². The van der Waals surface area contributed by atoms with Crippen molar-refractivity contribution in [3.63, 3.8) is 0 Å². The number of nitrogens with one attached hydrogen (secondary N) is 2. The second-order valence-electron chi connectivity index (χ2n) is 6.74. The monoisotopic (exact) mass is 526 g/mol. The lowest BCUT2D eigenvalue weighted by molar-refractivity contribution is 0.0616. The van der Waals surface area contributed by atoms with Gasteiger partial charge in [-0.15, -0.1) is 35.3 Å². The molecule has 1 aromatic carbocycles. The van der Waals surface area contributed by atoms with Gasteiger partial charge in [-0.2, -0.15) is 5.10 Å². The molecule has 3 aromatic rings. The fraction of sp³-hybridized carbons (Fsp3) is 0.350. The Morgan fingerprint density at radius 2 is 2.03 bits per heavy atom. The minimum absolute atomic E-state index is 0. The Morgan fingerprint density at radius 3 is 2.69 bits per heavy atom. The molecule has 2 aromatic heterocycles. The highest BCUT2D eigenvalue weighted by molar-refractivity contribution is 14.0. The highest BCUT2D eigenvalue weighted by Gasteiger charge is 2.25. The lowest BCUT2D eigenvalue weighted by Gasteiger charge is -2.23. The molecule has 0 bridgehead atoms. The largest absolute Gasteiger partial charge is 0.383 e. The Morgan fingerprint density at radius 1 is 1.28 bits per heavy atom. The summed E-state index contributed by atoms with van der Waals surface area (Å²) in [5.74, 6) is 0.640. The van der Waals surface area contributed by atoms with Gasteiger partial charge in [0.25, 0.3) is 0 Å². The quantitative estimate of drug-likeness (QED) is 0.250.